The molecule has 0 bridgehead atoms. The van der Waals surface area contributed by atoms with E-state index in [2.05, 4.69) is 5.32 Å². The fourth-order valence-corrected chi connectivity index (χ4v) is 3.37. The third-order valence-corrected chi connectivity index (χ3v) is 4.59. The van der Waals surface area contributed by atoms with Crippen LogP contribution >= 0.6 is 0 Å². The first kappa shape index (κ1) is 15.1. The van der Waals surface area contributed by atoms with Crippen molar-refractivity contribution in [1.82, 2.24) is 10.2 Å². The molecule has 5 nitrogen and oxygen atoms in total. The fraction of sp³-hybridized carbons (Fsp3) is 0.867. The van der Waals surface area contributed by atoms with Gasteiger partial charge in [-0.25, -0.2) is 4.79 Å². The molecule has 0 aromatic rings. The third kappa shape index (κ3) is 4.69. The zero-order valence-corrected chi connectivity index (χ0v) is 12.1. The zero-order valence-electron chi connectivity index (χ0n) is 12.1. The second kappa shape index (κ2) is 7.50. The number of piperidine rings is 1. The minimum atomic E-state index is -0.743. The van der Waals surface area contributed by atoms with E-state index in [-0.39, 0.29) is 12.5 Å². The number of urea groups is 1. The number of aliphatic carboxylic acids is 1. The molecule has 2 amide bonds. The highest BCUT2D eigenvalue weighted by atomic mass is 16.4. The van der Waals surface area contributed by atoms with Crippen molar-refractivity contribution < 1.29 is 14.7 Å². The van der Waals surface area contributed by atoms with Crippen LogP contribution in [0, 0.1) is 11.8 Å². The molecule has 2 N–H and O–H groups in total. The van der Waals surface area contributed by atoms with E-state index in [0.717, 1.165) is 25.9 Å². The molecule has 1 aliphatic heterocycles. The number of carboxylic acids is 1. The standard InChI is InChI=1S/C15H26N2O3/c18-14(19)8-7-13-6-3-9-17(11-13)15(20)16-10-12-4-1-2-5-12/h12-13H,1-11H2,(H,16,20)(H,18,19). The van der Waals surface area contributed by atoms with Crippen LogP contribution in [0.3, 0.4) is 0 Å². The molecule has 1 saturated heterocycles. The van der Waals surface area contributed by atoms with Crippen LogP contribution in [0.2, 0.25) is 0 Å². The molecule has 0 aromatic heterocycles. The lowest BCUT2D eigenvalue weighted by Gasteiger charge is -2.33. The maximum Gasteiger partial charge on any atom is 0.317 e. The van der Waals surface area contributed by atoms with E-state index in [1.807, 2.05) is 4.90 Å². The molecule has 5 heteroatoms. The average molecular weight is 282 g/mol. The summed E-state index contributed by atoms with van der Waals surface area (Å²) in [4.78, 5) is 24.6. The summed E-state index contributed by atoms with van der Waals surface area (Å²) in [7, 11) is 0. The molecular formula is C15H26N2O3. The van der Waals surface area contributed by atoms with Gasteiger partial charge in [0.15, 0.2) is 0 Å². The summed E-state index contributed by atoms with van der Waals surface area (Å²) in [6.07, 6.45) is 7.98. The quantitative estimate of drug-likeness (QED) is 0.814. The predicted octanol–water partition coefficient (Wildman–Crippen LogP) is 2.46. The summed E-state index contributed by atoms with van der Waals surface area (Å²) in [5.41, 5.74) is 0. The van der Waals surface area contributed by atoms with E-state index >= 15 is 0 Å². The second-order valence-electron chi connectivity index (χ2n) is 6.22. The summed E-state index contributed by atoms with van der Waals surface area (Å²) in [5, 5.41) is 11.8. The van der Waals surface area contributed by atoms with Crippen molar-refractivity contribution in [2.75, 3.05) is 19.6 Å². The van der Waals surface area contributed by atoms with Gasteiger partial charge in [-0.3, -0.25) is 4.79 Å². The average Bonchev–Trinajstić information content (AvgIpc) is 2.96. The minimum absolute atomic E-state index is 0.0388. The molecule has 114 valence electrons. The van der Waals surface area contributed by atoms with Gasteiger partial charge in [-0.1, -0.05) is 12.8 Å². The van der Waals surface area contributed by atoms with E-state index in [0.29, 0.717) is 24.8 Å². The Morgan fingerprint density at radius 1 is 1.10 bits per heavy atom. The van der Waals surface area contributed by atoms with Gasteiger partial charge >= 0.3 is 12.0 Å². The Bertz CT molecular complexity index is 340. The lowest BCUT2D eigenvalue weighted by Crippen LogP contribution is -2.46. The lowest BCUT2D eigenvalue weighted by molar-refractivity contribution is -0.137. The molecule has 1 unspecified atom stereocenters. The van der Waals surface area contributed by atoms with Crippen molar-refractivity contribution in [3.63, 3.8) is 0 Å². The SMILES string of the molecule is O=C(O)CCC1CCCN(C(=O)NCC2CCCC2)C1. The third-order valence-electron chi connectivity index (χ3n) is 4.59. The largest absolute Gasteiger partial charge is 0.481 e. The number of nitrogens with zero attached hydrogens (tertiary/aromatic N) is 1. The van der Waals surface area contributed by atoms with E-state index in [1.165, 1.54) is 25.7 Å². The molecular weight excluding hydrogens is 256 g/mol. The molecule has 2 aliphatic rings. The van der Waals surface area contributed by atoms with Crippen molar-refractivity contribution in [2.24, 2.45) is 11.8 Å². The number of rotatable bonds is 5. The Hall–Kier alpha value is -1.26. The molecule has 1 saturated carbocycles. The zero-order chi connectivity index (χ0) is 14.4. The molecule has 20 heavy (non-hydrogen) atoms. The van der Waals surface area contributed by atoms with Gasteiger partial charge in [-0.05, 0) is 43.9 Å². The minimum Gasteiger partial charge on any atom is -0.481 e. The van der Waals surface area contributed by atoms with Gasteiger partial charge < -0.3 is 15.3 Å². The topological polar surface area (TPSA) is 69.6 Å². The van der Waals surface area contributed by atoms with Gasteiger partial charge in [-0.2, -0.15) is 0 Å². The molecule has 1 heterocycles. The van der Waals surface area contributed by atoms with Crippen molar-refractivity contribution >= 4 is 12.0 Å². The highest BCUT2D eigenvalue weighted by Gasteiger charge is 2.24. The van der Waals surface area contributed by atoms with Crippen molar-refractivity contribution in [1.29, 1.82) is 0 Å². The first-order chi connectivity index (χ1) is 9.65. The summed E-state index contributed by atoms with van der Waals surface area (Å²) in [6, 6.07) is 0.0388. The van der Waals surface area contributed by atoms with Crippen LogP contribution in [-0.2, 0) is 4.79 Å². The van der Waals surface area contributed by atoms with Gasteiger partial charge in [0.25, 0.3) is 0 Å². The number of nitrogens with one attached hydrogen (secondary N) is 1. The van der Waals surface area contributed by atoms with Gasteiger partial charge in [0.1, 0.15) is 0 Å². The molecule has 1 aliphatic carbocycles. The van der Waals surface area contributed by atoms with E-state index in [1.54, 1.807) is 0 Å². The molecule has 0 aromatic carbocycles. The molecule has 1 atom stereocenters. The number of hydrogen-bond donors (Lipinski definition) is 2. The van der Waals surface area contributed by atoms with Crippen LogP contribution in [0.4, 0.5) is 4.79 Å². The maximum absolute atomic E-state index is 12.1. The van der Waals surface area contributed by atoms with E-state index in [4.69, 9.17) is 5.11 Å². The monoisotopic (exact) mass is 282 g/mol. The number of carbonyl (C=O) groups excluding carboxylic acids is 1. The molecule has 2 rings (SSSR count). The van der Waals surface area contributed by atoms with E-state index < -0.39 is 5.97 Å². The highest BCUT2D eigenvalue weighted by molar-refractivity contribution is 5.74. The molecule has 2 fully saturated rings. The highest BCUT2D eigenvalue weighted by Crippen LogP contribution is 2.24. The number of likely N-dealkylation sites (tertiary alicyclic amines) is 1. The van der Waals surface area contributed by atoms with Crippen LogP contribution in [0.15, 0.2) is 0 Å². The summed E-state index contributed by atoms with van der Waals surface area (Å²) >= 11 is 0. The van der Waals surface area contributed by atoms with Gasteiger partial charge in [0, 0.05) is 26.1 Å². The smallest absolute Gasteiger partial charge is 0.317 e. The lowest BCUT2D eigenvalue weighted by atomic mass is 9.93. The second-order valence-corrected chi connectivity index (χ2v) is 6.22. The van der Waals surface area contributed by atoms with Crippen LogP contribution in [0.25, 0.3) is 0 Å². The number of hydrogen-bond acceptors (Lipinski definition) is 2. The number of carbonyl (C=O) groups is 2. The Labute approximate surface area is 120 Å². The van der Waals surface area contributed by atoms with Gasteiger partial charge in [-0.15, -0.1) is 0 Å². The van der Waals surface area contributed by atoms with Crippen LogP contribution in [-0.4, -0.2) is 41.6 Å². The van der Waals surface area contributed by atoms with Crippen LogP contribution < -0.4 is 5.32 Å². The van der Waals surface area contributed by atoms with Gasteiger partial charge in [0.2, 0.25) is 0 Å². The van der Waals surface area contributed by atoms with Crippen LogP contribution in [0.1, 0.15) is 51.4 Å². The summed E-state index contributed by atoms with van der Waals surface area (Å²) < 4.78 is 0. The Morgan fingerprint density at radius 3 is 2.50 bits per heavy atom. The number of carboxylic acid groups (broad SMARTS) is 1. The van der Waals surface area contributed by atoms with Crippen molar-refractivity contribution in [3.8, 4) is 0 Å². The molecule has 0 spiro atoms. The first-order valence-corrected chi connectivity index (χ1v) is 7.89. The summed E-state index contributed by atoms with van der Waals surface area (Å²) in [6.45, 7) is 2.32. The first-order valence-electron chi connectivity index (χ1n) is 7.89. The Morgan fingerprint density at radius 2 is 1.80 bits per heavy atom. The normalized spacial score (nSPS) is 23.8. The maximum atomic E-state index is 12.1. The summed E-state index contributed by atoms with van der Waals surface area (Å²) in [5.74, 6) is 0.261. The van der Waals surface area contributed by atoms with Crippen molar-refractivity contribution in [3.05, 3.63) is 0 Å². The van der Waals surface area contributed by atoms with E-state index in [9.17, 15) is 9.59 Å². The predicted molar refractivity (Wildman–Crippen MR) is 76.5 cm³/mol. The Balaban J connectivity index is 1.70. The number of amides is 2. The van der Waals surface area contributed by atoms with Crippen molar-refractivity contribution in [2.45, 2.75) is 51.4 Å². The van der Waals surface area contributed by atoms with Crippen LogP contribution in [0.5, 0.6) is 0 Å². The molecule has 0 radical (unpaired) electrons. The Kier molecular flexibility index (Phi) is 5.68. The fourth-order valence-electron chi connectivity index (χ4n) is 3.37. The van der Waals surface area contributed by atoms with Gasteiger partial charge in [0.05, 0.1) is 0 Å².